The predicted molar refractivity (Wildman–Crippen MR) is 72.6 cm³/mol. The zero-order valence-corrected chi connectivity index (χ0v) is 11.7. The fourth-order valence-corrected chi connectivity index (χ4v) is 4.43. The molecule has 100 valence electrons. The summed E-state index contributed by atoms with van der Waals surface area (Å²) in [5.41, 5.74) is 0.181. The van der Waals surface area contributed by atoms with Crippen LogP contribution in [-0.4, -0.2) is 59.5 Å². The van der Waals surface area contributed by atoms with E-state index in [1.807, 2.05) is 11.8 Å². The van der Waals surface area contributed by atoms with Crippen LogP contribution >= 0.6 is 11.8 Å². The molecule has 4 heteroatoms. The average molecular weight is 259 g/mol. The molecule has 2 atom stereocenters. The van der Waals surface area contributed by atoms with Crippen LogP contribution in [0.3, 0.4) is 0 Å². The average Bonchev–Trinajstić information content (AvgIpc) is 2.78. The molecule has 0 aromatic rings. The minimum atomic E-state index is 0.181. The van der Waals surface area contributed by atoms with Crippen LogP contribution in [-0.2, 0) is 4.74 Å². The Morgan fingerprint density at radius 3 is 3.06 bits per heavy atom. The van der Waals surface area contributed by atoms with Crippen LogP contribution in [0.25, 0.3) is 0 Å². The summed E-state index contributed by atoms with van der Waals surface area (Å²) in [6.07, 6.45) is 4.48. The Morgan fingerprint density at radius 1 is 1.53 bits per heavy atom. The van der Waals surface area contributed by atoms with Crippen LogP contribution in [0, 0.1) is 0 Å². The molecule has 2 saturated heterocycles. The van der Waals surface area contributed by atoms with Crippen molar-refractivity contribution in [1.82, 2.24) is 4.90 Å². The number of hydrogen-bond acceptors (Lipinski definition) is 4. The maximum Gasteiger partial charge on any atom is 0.0795 e. The van der Waals surface area contributed by atoms with Crippen LogP contribution in [0.15, 0.2) is 0 Å². The highest BCUT2D eigenvalue weighted by Crippen LogP contribution is 2.39. The number of thioether (sulfide) groups is 1. The first-order chi connectivity index (χ1) is 8.29. The van der Waals surface area contributed by atoms with E-state index in [1.54, 1.807) is 0 Å². The summed E-state index contributed by atoms with van der Waals surface area (Å²) in [5.74, 6) is 2.44. The third-order valence-corrected chi connectivity index (χ3v) is 5.28. The van der Waals surface area contributed by atoms with Gasteiger partial charge in [-0.3, -0.25) is 0 Å². The van der Waals surface area contributed by atoms with Crippen molar-refractivity contribution in [3.05, 3.63) is 0 Å². The summed E-state index contributed by atoms with van der Waals surface area (Å²) >= 11 is 2.04. The zero-order chi connectivity index (χ0) is 12.1. The highest BCUT2D eigenvalue weighted by Gasteiger charge is 2.41. The predicted octanol–water partition coefficient (Wildman–Crippen LogP) is 1.75. The second-order valence-electron chi connectivity index (χ2n) is 5.19. The van der Waals surface area contributed by atoms with Crippen LogP contribution < -0.4 is 0 Å². The van der Waals surface area contributed by atoms with Gasteiger partial charge in [-0.2, -0.15) is 11.8 Å². The maximum atomic E-state index is 8.96. The quantitative estimate of drug-likeness (QED) is 0.815. The highest BCUT2D eigenvalue weighted by atomic mass is 32.2. The minimum absolute atomic E-state index is 0.181. The molecular weight excluding hydrogens is 234 g/mol. The summed E-state index contributed by atoms with van der Waals surface area (Å²) in [4.78, 5) is 2.53. The third kappa shape index (κ3) is 3.37. The van der Waals surface area contributed by atoms with Crippen LogP contribution in [0.2, 0.25) is 0 Å². The van der Waals surface area contributed by atoms with Crippen molar-refractivity contribution in [2.24, 2.45) is 0 Å². The summed E-state index contributed by atoms with van der Waals surface area (Å²) in [7, 11) is 0. The van der Waals surface area contributed by atoms with Crippen molar-refractivity contribution in [1.29, 1.82) is 0 Å². The van der Waals surface area contributed by atoms with Gasteiger partial charge >= 0.3 is 0 Å². The Balaban J connectivity index is 1.90. The van der Waals surface area contributed by atoms with Crippen molar-refractivity contribution in [2.75, 3.05) is 37.8 Å². The van der Waals surface area contributed by atoms with Crippen molar-refractivity contribution < 1.29 is 9.84 Å². The molecule has 1 spiro atoms. The van der Waals surface area contributed by atoms with Crippen LogP contribution in [0.4, 0.5) is 0 Å². The fourth-order valence-electron chi connectivity index (χ4n) is 3.05. The molecule has 2 fully saturated rings. The van der Waals surface area contributed by atoms with E-state index in [0.29, 0.717) is 12.6 Å². The Morgan fingerprint density at radius 2 is 2.41 bits per heavy atom. The maximum absolute atomic E-state index is 8.96. The van der Waals surface area contributed by atoms with Crippen molar-refractivity contribution >= 4 is 11.8 Å². The molecule has 0 bridgehead atoms. The van der Waals surface area contributed by atoms with Crippen molar-refractivity contribution in [3.8, 4) is 0 Å². The van der Waals surface area contributed by atoms with Gasteiger partial charge in [-0.25, -0.2) is 0 Å². The first kappa shape index (κ1) is 13.7. The Bertz CT molecular complexity index is 231. The number of nitrogens with zero attached hydrogens (tertiary/aromatic N) is 1. The molecule has 1 N–H and O–H groups in total. The van der Waals surface area contributed by atoms with E-state index < -0.39 is 0 Å². The summed E-state index contributed by atoms with van der Waals surface area (Å²) in [6.45, 7) is 5.57. The molecule has 0 radical (unpaired) electrons. The first-order valence-corrected chi connectivity index (χ1v) is 8.02. The minimum Gasteiger partial charge on any atom is -0.396 e. The summed E-state index contributed by atoms with van der Waals surface area (Å²) in [6, 6.07) is 0.666. The Labute approximate surface area is 109 Å². The fraction of sp³-hybridized carbons (Fsp3) is 1.00. The van der Waals surface area contributed by atoms with E-state index in [2.05, 4.69) is 11.8 Å². The Kier molecular flexibility index (Phi) is 5.15. The molecule has 0 aromatic heterocycles. The van der Waals surface area contributed by atoms with Gasteiger partial charge in [0.25, 0.3) is 0 Å². The van der Waals surface area contributed by atoms with Gasteiger partial charge in [0, 0.05) is 31.6 Å². The normalized spacial score (nSPS) is 33.7. The van der Waals surface area contributed by atoms with Gasteiger partial charge in [-0.15, -0.1) is 0 Å². The van der Waals surface area contributed by atoms with Crippen molar-refractivity contribution in [3.63, 3.8) is 0 Å². The molecule has 2 aliphatic heterocycles. The highest BCUT2D eigenvalue weighted by molar-refractivity contribution is 7.99. The largest absolute Gasteiger partial charge is 0.396 e. The third-order valence-electron chi connectivity index (χ3n) is 4.06. The van der Waals surface area contributed by atoms with E-state index >= 15 is 0 Å². The lowest BCUT2D eigenvalue weighted by atomic mass is 9.89. The number of aliphatic hydroxyl groups excluding tert-OH is 1. The lowest BCUT2D eigenvalue weighted by molar-refractivity contribution is -0.0893. The molecule has 3 nitrogen and oxygen atoms in total. The van der Waals surface area contributed by atoms with E-state index in [0.717, 1.165) is 32.5 Å². The molecule has 0 amide bonds. The van der Waals surface area contributed by atoms with E-state index in [4.69, 9.17) is 9.84 Å². The standard InChI is InChI=1S/C13H25NO2S/c1-2-14(6-3-7-15)12-4-8-16-13(10-12)5-9-17-11-13/h12,15H,2-11H2,1H3. The second-order valence-corrected chi connectivity index (χ2v) is 6.29. The Hall–Kier alpha value is 0.230. The lowest BCUT2D eigenvalue weighted by Gasteiger charge is -2.42. The van der Waals surface area contributed by atoms with Gasteiger partial charge in [0.1, 0.15) is 0 Å². The summed E-state index contributed by atoms with van der Waals surface area (Å²) < 4.78 is 6.06. The molecular formula is C13H25NO2S. The molecule has 17 heavy (non-hydrogen) atoms. The van der Waals surface area contributed by atoms with E-state index in [-0.39, 0.29) is 5.60 Å². The monoisotopic (exact) mass is 259 g/mol. The lowest BCUT2D eigenvalue weighted by Crippen LogP contribution is -2.49. The number of rotatable bonds is 5. The molecule has 2 rings (SSSR count). The van der Waals surface area contributed by atoms with E-state index in [1.165, 1.54) is 24.3 Å². The summed E-state index contributed by atoms with van der Waals surface area (Å²) in [5, 5.41) is 8.96. The number of ether oxygens (including phenoxy) is 1. The topological polar surface area (TPSA) is 32.7 Å². The molecule has 2 heterocycles. The SMILES string of the molecule is CCN(CCCO)C1CCOC2(CCSC2)C1. The molecule has 0 saturated carbocycles. The van der Waals surface area contributed by atoms with Crippen LogP contribution in [0.1, 0.15) is 32.6 Å². The van der Waals surface area contributed by atoms with Gasteiger partial charge in [0.15, 0.2) is 0 Å². The van der Waals surface area contributed by atoms with E-state index in [9.17, 15) is 0 Å². The van der Waals surface area contributed by atoms with Crippen LogP contribution in [0.5, 0.6) is 0 Å². The first-order valence-electron chi connectivity index (χ1n) is 6.86. The van der Waals surface area contributed by atoms with Gasteiger partial charge in [-0.1, -0.05) is 6.92 Å². The van der Waals surface area contributed by atoms with Gasteiger partial charge in [0.2, 0.25) is 0 Å². The second kappa shape index (κ2) is 6.41. The number of hydrogen-bond donors (Lipinski definition) is 1. The smallest absolute Gasteiger partial charge is 0.0795 e. The molecule has 0 aliphatic carbocycles. The van der Waals surface area contributed by atoms with Crippen molar-refractivity contribution in [2.45, 2.75) is 44.2 Å². The molecule has 2 unspecified atom stereocenters. The van der Waals surface area contributed by atoms with Gasteiger partial charge in [0.05, 0.1) is 5.60 Å². The van der Waals surface area contributed by atoms with Gasteiger partial charge < -0.3 is 14.7 Å². The molecule has 0 aromatic carbocycles. The van der Waals surface area contributed by atoms with Gasteiger partial charge in [-0.05, 0) is 38.0 Å². The molecule has 2 aliphatic rings. The zero-order valence-electron chi connectivity index (χ0n) is 10.9. The number of aliphatic hydroxyl groups is 1.